The van der Waals surface area contributed by atoms with Crippen LogP contribution in [0.2, 0.25) is 0 Å². The van der Waals surface area contributed by atoms with Crippen LogP contribution in [-0.2, 0) is 14.3 Å². The first-order chi connectivity index (χ1) is 10.5. The standard InChI is InChI=1S/C15H14N2O4S/c1-9-4-3-5-10(6-9)16-12(18)8-13-17-15(20)11(22-13)7-14(19)21-2/h3-8H,1-2H3,(H,16,18)(H,17,20)/b11-7+,13-8-. The second kappa shape index (κ2) is 6.86. The molecule has 0 radical (unpaired) electrons. The number of hydrogen-bond acceptors (Lipinski definition) is 5. The number of thiazole rings is 1. The van der Waals surface area contributed by atoms with E-state index in [0.29, 0.717) is 10.4 Å². The molecule has 0 aliphatic heterocycles. The van der Waals surface area contributed by atoms with Crippen molar-refractivity contribution in [3.05, 3.63) is 49.4 Å². The molecule has 7 heteroatoms. The Kier molecular flexibility index (Phi) is 4.90. The number of carbonyl (C=O) groups excluding carboxylic acids is 2. The third-order valence-electron chi connectivity index (χ3n) is 2.68. The van der Waals surface area contributed by atoms with Gasteiger partial charge in [-0.1, -0.05) is 12.1 Å². The summed E-state index contributed by atoms with van der Waals surface area (Å²) in [5.74, 6) is -0.990. The van der Waals surface area contributed by atoms with Gasteiger partial charge in [0.05, 0.1) is 7.11 Å². The van der Waals surface area contributed by atoms with Gasteiger partial charge in [0, 0.05) is 17.8 Å². The Hall–Kier alpha value is -2.67. The number of hydrogen-bond donors (Lipinski definition) is 2. The Morgan fingerprint density at radius 2 is 2.09 bits per heavy atom. The molecule has 0 aliphatic rings. The van der Waals surface area contributed by atoms with Gasteiger partial charge < -0.3 is 15.0 Å². The Morgan fingerprint density at radius 3 is 2.77 bits per heavy atom. The molecule has 0 atom stereocenters. The average molecular weight is 318 g/mol. The molecule has 2 rings (SSSR count). The van der Waals surface area contributed by atoms with E-state index in [0.717, 1.165) is 23.0 Å². The van der Waals surface area contributed by atoms with Crippen LogP contribution < -0.4 is 20.1 Å². The molecule has 0 fully saturated rings. The van der Waals surface area contributed by atoms with Crippen LogP contribution in [0, 0.1) is 6.92 Å². The molecule has 0 unspecified atom stereocenters. The van der Waals surface area contributed by atoms with Gasteiger partial charge in [0.15, 0.2) is 0 Å². The maximum atomic E-state index is 11.9. The molecule has 2 aromatic rings. The van der Waals surface area contributed by atoms with Crippen molar-refractivity contribution in [3.8, 4) is 0 Å². The summed E-state index contributed by atoms with van der Waals surface area (Å²) in [6.07, 6.45) is 2.35. The van der Waals surface area contributed by atoms with Crippen molar-refractivity contribution in [1.29, 1.82) is 0 Å². The summed E-state index contributed by atoms with van der Waals surface area (Å²) in [5.41, 5.74) is 1.25. The lowest BCUT2D eigenvalue weighted by Gasteiger charge is -2.02. The molecule has 1 aromatic carbocycles. The van der Waals surface area contributed by atoms with Crippen LogP contribution in [0.4, 0.5) is 5.69 Å². The van der Waals surface area contributed by atoms with Crippen LogP contribution in [-0.4, -0.2) is 24.0 Å². The lowest BCUT2D eigenvalue weighted by atomic mass is 10.2. The molecule has 1 amide bonds. The molecule has 22 heavy (non-hydrogen) atoms. The molecule has 6 nitrogen and oxygen atoms in total. The number of nitrogens with one attached hydrogen (secondary N) is 2. The Balaban J connectivity index is 2.25. The monoisotopic (exact) mass is 318 g/mol. The van der Waals surface area contributed by atoms with E-state index in [-0.39, 0.29) is 10.4 Å². The highest BCUT2D eigenvalue weighted by Gasteiger charge is 2.02. The van der Waals surface area contributed by atoms with Crippen molar-refractivity contribution >= 4 is 41.1 Å². The lowest BCUT2D eigenvalue weighted by molar-refractivity contribution is -0.133. The summed E-state index contributed by atoms with van der Waals surface area (Å²) in [6.45, 7) is 1.92. The van der Waals surface area contributed by atoms with Crippen molar-refractivity contribution < 1.29 is 14.3 Å². The van der Waals surface area contributed by atoms with Crippen LogP contribution in [0.5, 0.6) is 0 Å². The van der Waals surface area contributed by atoms with Gasteiger partial charge in [0.25, 0.3) is 11.5 Å². The first-order valence-electron chi connectivity index (χ1n) is 6.36. The van der Waals surface area contributed by atoms with Crippen LogP contribution in [0.3, 0.4) is 0 Å². The largest absolute Gasteiger partial charge is 0.466 e. The van der Waals surface area contributed by atoms with Crippen LogP contribution in [0.15, 0.2) is 29.1 Å². The van der Waals surface area contributed by atoms with Gasteiger partial charge in [-0.05, 0) is 24.6 Å². The minimum Gasteiger partial charge on any atom is -0.466 e. The maximum Gasteiger partial charge on any atom is 0.332 e. The van der Waals surface area contributed by atoms with Crippen molar-refractivity contribution in [2.45, 2.75) is 6.92 Å². The average Bonchev–Trinajstić information content (AvgIpc) is 2.78. The number of aryl methyl sites for hydroxylation is 1. The first kappa shape index (κ1) is 15.7. The molecular formula is C15H14N2O4S. The number of aromatic amines is 1. The van der Waals surface area contributed by atoms with Crippen LogP contribution in [0.25, 0.3) is 12.2 Å². The number of aromatic nitrogens is 1. The smallest absolute Gasteiger partial charge is 0.332 e. The van der Waals surface area contributed by atoms with Crippen molar-refractivity contribution in [3.63, 3.8) is 0 Å². The highest BCUT2D eigenvalue weighted by Crippen LogP contribution is 2.09. The minimum absolute atomic E-state index is 0.182. The number of amides is 1. The number of benzene rings is 1. The highest BCUT2D eigenvalue weighted by atomic mass is 32.1. The highest BCUT2D eigenvalue weighted by molar-refractivity contribution is 7.07. The van der Waals surface area contributed by atoms with Gasteiger partial charge in [-0.3, -0.25) is 9.59 Å². The zero-order chi connectivity index (χ0) is 16.1. The van der Waals surface area contributed by atoms with E-state index in [2.05, 4.69) is 15.0 Å². The summed E-state index contributed by atoms with van der Waals surface area (Å²) in [7, 11) is 1.23. The number of carbonyl (C=O) groups is 2. The molecule has 1 heterocycles. The number of H-pyrrole nitrogens is 1. The third kappa shape index (κ3) is 4.16. The predicted molar refractivity (Wildman–Crippen MR) is 84.9 cm³/mol. The number of anilines is 1. The SMILES string of the molecule is COC(=O)/C=c1/s/c(=C\C(=O)Nc2cccc(C)c2)[nH]c1=O. The molecule has 0 spiro atoms. The molecule has 1 aromatic heterocycles. The number of rotatable bonds is 3. The normalized spacial score (nSPS) is 12.3. The van der Waals surface area contributed by atoms with Crippen molar-refractivity contribution in [2.75, 3.05) is 12.4 Å². The zero-order valence-electron chi connectivity index (χ0n) is 12.0. The van der Waals surface area contributed by atoms with Gasteiger partial charge in [-0.2, -0.15) is 0 Å². The fraction of sp³-hybridized carbons (Fsp3) is 0.133. The van der Waals surface area contributed by atoms with Crippen LogP contribution in [0.1, 0.15) is 5.56 Å². The molecule has 0 saturated carbocycles. The Bertz CT molecular complexity index is 879. The summed E-state index contributed by atoms with van der Waals surface area (Å²) < 4.78 is 4.99. The minimum atomic E-state index is -0.622. The van der Waals surface area contributed by atoms with Crippen molar-refractivity contribution in [2.24, 2.45) is 0 Å². The van der Waals surface area contributed by atoms with E-state index < -0.39 is 11.5 Å². The van der Waals surface area contributed by atoms with E-state index in [1.54, 1.807) is 6.07 Å². The second-order valence-electron chi connectivity index (χ2n) is 4.46. The van der Waals surface area contributed by atoms with Gasteiger partial charge in [0.1, 0.15) is 9.20 Å². The fourth-order valence-electron chi connectivity index (χ4n) is 1.71. The lowest BCUT2D eigenvalue weighted by Crippen LogP contribution is -2.21. The molecule has 0 bridgehead atoms. The van der Waals surface area contributed by atoms with E-state index in [4.69, 9.17) is 0 Å². The quantitative estimate of drug-likeness (QED) is 0.787. The van der Waals surface area contributed by atoms with E-state index in [1.165, 1.54) is 13.2 Å². The first-order valence-corrected chi connectivity index (χ1v) is 7.18. The summed E-state index contributed by atoms with van der Waals surface area (Å²) >= 11 is 1.00. The summed E-state index contributed by atoms with van der Waals surface area (Å²) in [6, 6.07) is 7.36. The molecular weight excluding hydrogens is 304 g/mol. The Labute approximate surface area is 129 Å². The van der Waals surface area contributed by atoms with Gasteiger partial charge in [-0.15, -0.1) is 11.3 Å². The maximum absolute atomic E-state index is 11.9. The van der Waals surface area contributed by atoms with Gasteiger partial charge in [-0.25, -0.2) is 4.79 Å². The van der Waals surface area contributed by atoms with Gasteiger partial charge in [0.2, 0.25) is 0 Å². The molecule has 0 saturated heterocycles. The summed E-state index contributed by atoms with van der Waals surface area (Å²) in [4.78, 5) is 37.2. The van der Waals surface area contributed by atoms with Crippen LogP contribution >= 0.6 is 11.3 Å². The van der Waals surface area contributed by atoms with E-state index in [9.17, 15) is 14.4 Å². The number of ether oxygens (including phenoxy) is 1. The molecule has 0 aliphatic carbocycles. The molecule has 2 N–H and O–H groups in total. The number of esters is 1. The second-order valence-corrected chi connectivity index (χ2v) is 5.54. The third-order valence-corrected chi connectivity index (χ3v) is 3.64. The van der Waals surface area contributed by atoms with E-state index >= 15 is 0 Å². The predicted octanol–water partition coefficient (Wildman–Crippen LogP) is 0.118. The molecule has 114 valence electrons. The summed E-state index contributed by atoms with van der Waals surface area (Å²) in [5, 5.41) is 2.70. The van der Waals surface area contributed by atoms with Crippen molar-refractivity contribution in [1.82, 2.24) is 4.98 Å². The Morgan fingerprint density at radius 1 is 1.32 bits per heavy atom. The zero-order valence-corrected chi connectivity index (χ0v) is 12.8. The number of methoxy groups -OCH3 is 1. The fourth-order valence-corrected chi connectivity index (χ4v) is 2.56. The van der Waals surface area contributed by atoms with E-state index in [1.807, 2.05) is 25.1 Å². The topological polar surface area (TPSA) is 88.3 Å². The van der Waals surface area contributed by atoms with Gasteiger partial charge >= 0.3 is 5.97 Å².